The summed E-state index contributed by atoms with van der Waals surface area (Å²) in [5.41, 5.74) is 16.4. The van der Waals surface area contributed by atoms with Gasteiger partial charge in [-0.2, -0.15) is 0 Å². The molecule has 0 aromatic heterocycles. The predicted octanol–water partition coefficient (Wildman–Crippen LogP) is 2.77. The average Bonchev–Trinajstić information content (AvgIpc) is 2.31. The van der Waals surface area contributed by atoms with E-state index < -0.39 is 0 Å². The Morgan fingerprint density at radius 1 is 1.06 bits per heavy atom. The zero-order valence-electron chi connectivity index (χ0n) is 9.90. The van der Waals surface area contributed by atoms with E-state index in [-0.39, 0.29) is 0 Å². The van der Waals surface area contributed by atoms with Gasteiger partial charge >= 0.3 is 0 Å². The molecule has 0 fully saturated rings. The molecule has 2 rings (SSSR count). The lowest BCUT2D eigenvalue weighted by Crippen LogP contribution is -2.01. The highest BCUT2D eigenvalue weighted by Crippen LogP contribution is 2.17. The molecule has 3 nitrogen and oxygen atoms in total. The molecular weight excluding hydrogens is 210 g/mol. The maximum Gasteiger partial charge on any atom is 0.0401 e. The van der Waals surface area contributed by atoms with Crippen LogP contribution in [-0.4, -0.2) is 0 Å². The second-order valence-corrected chi connectivity index (χ2v) is 4.17. The third-order valence-electron chi connectivity index (χ3n) is 2.72. The first kappa shape index (κ1) is 11.3. The molecule has 88 valence electrons. The van der Waals surface area contributed by atoms with Gasteiger partial charge in [-0.05, 0) is 48.4 Å². The van der Waals surface area contributed by atoms with Crippen LogP contribution in [0.25, 0.3) is 0 Å². The number of rotatable bonds is 3. The highest BCUT2D eigenvalue weighted by Gasteiger charge is 1.97. The average molecular weight is 227 g/mol. The fraction of sp³-hybridized carbons (Fsp3) is 0.143. The van der Waals surface area contributed by atoms with Gasteiger partial charge in [-0.15, -0.1) is 0 Å². The molecule has 5 N–H and O–H groups in total. The number of aryl methyl sites for hydroxylation is 1. The predicted molar refractivity (Wildman–Crippen MR) is 73.8 cm³/mol. The van der Waals surface area contributed by atoms with Crippen molar-refractivity contribution in [2.75, 3.05) is 16.8 Å². The summed E-state index contributed by atoms with van der Waals surface area (Å²) in [6, 6.07) is 13.8. The number of benzene rings is 2. The van der Waals surface area contributed by atoms with Crippen LogP contribution in [-0.2, 0) is 6.54 Å². The van der Waals surface area contributed by atoms with E-state index >= 15 is 0 Å². The quantitative estimate of drug-likeness (QED) is 0.706. The number of nitrogen functional groups attached to an aromatic ring is 2. The largest absolute Gasteiger partial charge is 0.399 e. The minimum absolute atomic E-state index is 0.758. The Hall–Kier alpha value is -2.16. The summed E-state index contributed by atoms with van der Waals surface area (Å²) >= 11 is 0. The lowest BCUT2D eigenvalue weighted by atomic mass is 10.1. The lowest BCUT2D eigenvalue weighted by Gasteiger charge is -2.09. The first-order valence-electron chi connectivity index (χ1n) is 5.59. The summed E-state index contributed by atoms with van der Waals surface area (Å²) in [5, 5.41) is 3.35. The van der Waals surface area contributed by atoms with Crippen LogP contribution in [0.3, 0.4) is 0 Å². The Labute approximate surface area is 101 Å². The summed E-state index contributed by atoms with van der Waals surface area (Å²) in [5.74, 6) is 0. The number of nitrogens with two attached hydrogens (primary N) is 2. The highest BCUT2D eigenvalue weighted by molar-refractivity contribution is 5.57. The first-order valence-corrected chi connectivity index (χ1v) is 5.59. The Morgan fingerprint density at radius 3 is 2.59 bits per heavy atom. The normalized spacial score (nSPS) is 10.2. The summed E-state index contributed by atoms with van der Waals surface area (Å²) in [7, 11) is 0. The van der Waals surface area contributed by atoms with Crippen molar-refractivity contribution in [2.45, 2.75) is 13.5 Å². The van der Waals surface area contributed by atoms with E-state index in [4.69, 9.17) is 11.5 Å². The van der Waals surface area contributed by atoms with Crippen LogP contribution >= 0.6 is 0 Å². The van der Waals surface area contributed by atoms with Crippen LogP contribution in [0, 0.1) is 6.92 Å². The van der Waals surface area contributed by atoms with Gasteiger partial charge in [-0.25, -0.2) is 0 Å². The van der Waals surface area contributed by atoms with Crippen molar-refractivity contribution in [2.24, 2.45) is 0 Å². The molecule has 0 atom stereocenters. The third-order valence-corrected chi connectivity index (χ3v) is 2.72. The third kappa shape index (κ3) is 2.91. The molecule has 2 aromatic rings. The maximum atomic E-state index is 5.77. The molecule has 0 saturated heterocycles. The Bertz CT molecular complexity index is 521. The lowest BCUT2D eigenvalue weighted by molar-refractivity contribution is 1.15. The number of hydrogen-bond donors (Lipinski definition) is 3. The van der Waals surface area contributed by atoms with E-state index in [0.717, 1.165) is 29.2 Å². The molecular formula is C14H17N3. The zero-order chi connectivity index (χ0) is 12.3. The summed E-state index contributed by atoms with van der Waals surface area (Å²) < 4.78 is 0. The van der Waals surface area contributed by atoms with Crippen molar-refractivity contribution in [3.8, 4) is 0 Å². The van der Waals surface area contributed by atoms with E-state index in [2.05, 4.69) is 5.32 Å². The second-order valence-electron chi connectivity index (χ2n) is 4.17. The van der Waals surface area contributed by atoms with Crippen LogP contribution in [0.5, 0.6) is 0 Å². The molecule has 0 radical (unpaired) electrons. The Kier molecular flexibility index (Phi) is 3.19. The van der Waals surface area contributed by atoms with E-state index in [0.29, 0.717) is 0 Å². The van der Waals surface area contributed by atoms with Gasteiger partial charge in [0.15, 0.2) is 0 Å². The van der Waals surface area contributed by atoms with E-state index in [1.807, 2.05) is 49.4 Å². The fourth-order valence-corrected chi connectivity index (χ4v) is 1.69. The second kappa shape index (κ2) is 4.78. The summed E-state index contributed by atoms with van der Waals surface area (Å²) in [4.78, 5) is 0. The Morgan fingerprint density at radius 2 is 1.88 bits per heavy atom. The van der Waals surface area contributed by atoms with Gasteiger partial charge in [0.25, 0.3) is 0 Å². The van der Waals surface area contributed by atoms with Gasteiger partial charge < -0.3 is 16.8 Å². The van der Waals surface area contributed by atoms with Gasteiger partial charge in [-0.1, -0.05) is 12.1 Å². The van der Waals surface area contributed by atoms with Crippen LogP contribution in [0.4, 0.5) is 17.1 Å². The van der Waals surface area contributed by atoms with E-state index in [1.54, 1.807) is 0 Å². The minimum Gasteiger partial charge on any atom is -0.399 e. The number of anilines is 3. The van der Waals surface area contributed by atoms with Crippen LogP contribution in [0.2, 0.25) is 0 Å². The number of nitrogens with one attached hydrogen (secondary N) is 1. The first-order chi connectivity index (χ1) is 8.15. The molecule has 0 aliphatic carbocycles. The van der Waals surface area contributed by atoms with Gasteiger partial charge in [0, 0.05) is 23.6 Å². The highest BCUT2D eigenvalue weighted by atomic mass is 14.9. The maximum absolute atomic E-state index is 5.77. The molecule has 2 aromatic carbocycles. The molecule has 0 aliphatic rings. The molecule has 0 heterocycles. The van der Waals surface area contributed by atoms with Crippen molar-refractivity contribution in [3.05, 3.63) is 53.6 Å². The van der Waals surface area contributed by atoms with Gasteiger partial charge in [0.1, 0.15) is 0 Å². The van der Waals surface area contributed by atoms with Crippen molar-refractivity contribution in [3.63, 3.8) is 0 Å². The van der Waals surface area contributed by atoms with Crippen LogP contribution in [0.15, 0.2) is 42.5 Å². The van der Waals surface area contributed by atoms with E-state index in [9.17, 15) is 0 Å². The van der Waals surface area contributed by atoms with Crippen molar-refractivity contribution in [1.82, 2.24) is 0 Å². The molecule has 3 heteroatoms. The molecule has 0 saturated carbocycles. The van der Waals surface area contributed by atoms with Crippen molar-refractivity contribution >= 4 is 17.1 Å². The van der Waals surface area contributed by atoms with Crippen LogP contribution in [0.1, 0.15) is 11.1 Å². The van der Waals surface area contributed by atoms with Gasteiger partial charge in [-0.3, -0.25) is 0 Å². The topological polar surface area (TPSA) is 64.1 Å². The van der Waals surface area contributed by atoms with E-state index in [1.165, 1.54) is 5.56 Å². The van der Waals surface area contributed by atoms with Crippen molar-refractivity contribution < 1.29 is 0 Å². The van der Waals surface area contributed by atoms with Gasteiger partial charge in [0.2, 0.25) is 0 Å². The standard InChI is InChI=1S/C14H17N3/c1-10-7-13(5-6-14(10)16)17-9-11-3-2-4-12(15)8-11/h2-8,17H,9,15-16H2,1H3. The summed E-state index contributed by atoms with van der Waals surface area (Å²) in [6.45, 7) is 2.76. The monoisotopic (exact) mass is 227 g/mol. The molecule has 0 spiro atoms. The molecule has 0 unspecified atom stereocenters. The fourth-order valence-electron chi connectivity index (χ4n) is 1.69. The molecule has 0 aliphatic heterocycles. The summed E-state index contributed by atoms with van der Waals surface area (Å²) in [6.07, 6.45) is 0. The molecule has 0 amide bonds. The molecule has 0 bridgehead atoms. The SMILES string of the molecule is Cc1cc(NCc2cccc(N)c2)ccc1N. The minimum atomic E-state index is 0.758. The smallest absolute Gasteiger partial charge is 0.0401 e. The molecule has 17 heavy (non-hydrogen) atoms. The number of hydrogen-bond acceptors (Lipinski definition) is 3. The van der Waals surface area contributed by atoms with Crippen LogP contribution < -0.4 is 16.8 Å². The van der Waals surface area contributed by atoms with Gasteiger partial charge in [0.05, 0.1) is 0 Å². The Balaban J connectivity index is 2.05. The zero-order valence-corrected chi connectivity index (χ0v) is 9.90. The van der Waals surface area contributed by atoms with Crippen molar-refractivity contribution in [1.29, 1.82) is 0 Å².